The van der Waals surface area contributed by atoms with Gasteiger partial charge in [0.05, 0.1) is 11.4 Å². The normalized spacial score (nSPS) is 14.4. The molecule has 0 saturated carbocycles. The molecule has 6 heteroatoms. The summed E-state index contributed by atoms with van der Waals surface area (Å²) >= 11 is 0. The van der Waals surface area contributed by atoms with E-state index in [4.69, 9.17) is 0 Å². The lowest BCUT2D eigenvalue weighted by Crippen LogP contribution is -2.16. The molecule has 124 valence electrons. The van der Waals surface area contributed by atoms with Gasteiger partial charge in [0.25, 0.3) is 0 Å². The van der Waals surface area contributed by atoms with Gasteiger partial charge in [-0.05, 0) is 32.0 Å². The first-order valence-corrected chi connectivity index (χ1v) is 8.53. The average Bonchev–Trinajstić information content (AvgIpc) is 2.84. The molecule has 0 spiro atoms. The quantitative estimate of drug-likeness (QED) is 0.766. The summed E-state index contributed by atoms with van der Waals surface area (Å²) in [5.74, 6) is 1.83. The molecule has 0 amide bonds. The fraction of sp³-hybridized carbons (Fsp3) is 0.389. The second kappa shape index (κ2) is 6.57. The molecule has 4 rings (SSSR count). The molecule has 24 heavy (non-hydrogen) atoms. The van der Waals surface area contributed by atoms with E-state index in [9.17, 15) is 0 Å². The summed E-state index contributed by atoms with van der Waals surface area (Å²) in [6.45, 7) is 4.76. The maximum Gasteiger partial charge on any atom is 0.136 e. The van der Waals surface area contributed by atoms with E-state index in [0.717, 1.165) is 61.9 Å². The molecule has 6 nitrogen and oxygen atoms in total. The van der Waals surface area contributed by atoms with Crippen molar-refractivity contribution in [2.24, 2.45) is 0 Å². The smallest absolute Gasteiger partial charge is 0.136 e. The maximum absolute atomic E-state index is 4.64. The second-order valence-electron chi connectivity index (χ2n) is 6.17. The van der Waals surface area contributed by atoms with Crippen molar-refractivity contribution in [1.29, 1.82) is 0 Å². The number of imidazole rings is 1. The fourth-order valence-electron chi connectivity index (χ4n) is 3.23. The molecule has 3 aromatic rings. The van der Waals surface area contributed by atoms with Gasteiger partial charge in [0.1, 0.15) is 17.3 Å². The molecular formula is C18H22N6. The molecule has 1 aliphatic rings. The molecule has 1 aliphatic heterocycles. The molecule has 0 saturated heterocycles. The zero-order valence-corrected chi connectivity index (χ0v) is 13.9. The zero-order valence-electron chi connectivity index (χ0n) is 13.9. The number of rotatable bonds is 4. The number of nitrogens with one attached hydrogen (secondary N) is 2. The minimum Gasteiger partial charge on any atom is -0.369 e. The fourth-order valence-corrected chi connectivity index (χ4v) is 3.23. The molecule has 0 radical (unpaired) electrons. The highest BCUT2D eigenvalue weighted by Crippen LogP contribution is 2.19. The van der Waals surface area contributed by atoms with Crippen molar-refractivity contribution in [1.82, 2.24) is 24.7 Å². The van der Waals surface area contributed by atoms with Crippen molar-refractivity contribution in [2.45, 2.75) is 26.2 Å². The number of aryl methyl sites for hydroxylation is 1. The van der Waals surface area contributed by atoms with Gasteiger partial charge in [-0.3, -0.25) is 0 Å². The summed E-state index contributed by atoms with van der Waals surface area (Å²) in [6, 6.07) is 6.05. The summed E-state index contributed by atoms with van der Waals surface area (Å²) in [6.07, 6.45) is 6.94. The largest absolute Gasteiger partial charge is 0.369 e. The van der Waals surface area contributed by atoms with Crippen LogP contribution in [0.5, 0.6) is 0 Å². The number of nitrogens with zero attached hydrogens (tertiary/aromatic N) is 4. The highest BCUT2D eigenvalue weighted by atomic mass is 15.0. The van der Waals surface area contributed by atoms with E-state index in [1.54, 1.807) is 0 Å². The van der Waals surface area contributed by atoms with E-state index < -0.39 is 0 Å². The Hall–Kier alpha value is -2.47. The monoisotopic (exact) mass is 322 g/mol. The summed E-state index contributed by atoms with van der Waals surface area (Å²) in [4.78, 5) is 13.9. The van der Waals surface area contributed by atoms with Crippen LogP contribution in [0, 0.1) is 6.92 Å². The Labute approximate surface area is 141 Å². The first kappa shape index (κ1) is 15.1. The average molecular weight is 322 g/mol. The Morgan fingerprint density at radius 3 is 3.00 bits per heavy atom. The van der Waals surface area contributed by atoms with Crippen molar-refractivity contribution in [3.63, 3.8) is 0 Å². The SMILES string of the molecule is Cc1nc2c(c(NCCc3cn4ccccc4n3)n1)CCNCC2. The van der Waals surface area contributed by atoms with Crippen LogP contribution in [0.3, 0.4) is 0 Å². The van der Waals surface area contributed by atoms with E-state index in [-0.39, 0.29) is 0 Å². The zero-order chi connectivity index (χ0) is 16.4. The van der Waals surface area contributed by atoms with Crippen LogP contribution in [0.2, 0.25) is 0 Å². The van der Waals surface area contributed by atoms with Gasteiger partial charge in [-0.1, -0.05) is 6.07 Å². The van der Waals surface area contributed by atoms with E-state index in [1.807, 2.05) is 31.3 Å². The molecule has 0 aliphatic carbocycles. The predicted octanol–water partition coefficient (Wildman–Crippen LogP) is 1.78. The lowest BCUT2D eigenvalue weighted by atomic mass is 10.1. The minimum atomic E-state index is 0.820. The first-order valence-electron chi connectivity index (χ1n) is 8.53. The van der Waals surface area contributed by atoms with Crippen LogP contribution in [0.25, 0.3) is 5.65 Å². The van der Waals surface area contributed by atoms with E-state index >= 15 is 0 Å². The second-order valence-corrected chi connectivity index (χ2v) is 6.17. The molecule has 0 atom stereocenters. The van der Waals surface area contributed by atoms with Crippen LogP contribution >= 0.6 is 0 Å². The lowest BCUT2D eigenvalue weighted by molar-refractivity contribution is 0.708. The van der Waals surface area contributed by atoms with Crippen LogP contribution in [0.15, 0.2) is 30.6 Å². The van der Waals surface area contributed by atoms with Crippen molar-refractivity contribution >= 4 is 11.5 Å². The Bertz CT molecular complexity index is 821. The number of hydrogen-bond donors (Lipinski definition) is 2. The Balaban J connectivity index is 1.48. The first-order chi connectivity index (χ1) is 11.8. The van der Waals surface area contributed by atoms with E-state index in [0.29, 0.717) is 0 Å². The molecule has 0 aromatic carbocycles. The third-order valence-electron chi connectivity index (χ3n) is 4.38. The molecule has 0 unspecified atom stereocenters. The van der Waals surface area contributed by atoms with Crippen LogP contribution in [-0.2, 0) is 19.3 Å². The van der Waals surface area contributed by atoms with Gasteiger partial charge < -0.3 is 15.0 Å². The van der Waals surface area contributed by atoms with Gasteiger partial charge >= 0.3 is 0 Å². The van der Waals surface area contributed by atoms with Gasteiger partial charge in [-0.2, -0.15) is 0 Å². The minimum absolute atomic E-state index is 0.820. The van der Waals surface area contributed by atoms with Gasteiger partial charge in [0, 0.05) is 43.9 Å². The summed E-state index contributed by atoms with van der Waals surface area (Å²) in [7, 11) is 0. The third-order valence-corrected chi connectivity index (χ3v) is 4.38. The number of fused-ring (bicyclic) bond motifs is 2. The van der Waals surface area contributed by atoms with Crippen LogP contribution < -0.4 is 10.6 Å². The van der Waals surface area contributed by atoms with Crippen LogP contribution in [0.1, 0.15) is 22.8 Å². The molecular weight excluding hydrogens is 300 g/mol. The standard InChI is InChI=1S/C18H22N6/c1-13-21-16-7-9-19-8-6-15(16)18(22-13)20-10-5-14-12-24-11-3-2-4-17(24)23-14/h2-4,11-12,19H,5-10H2,1H3,(H,20,21,22). The van der Waals surface area contributed by atoms with Gasteiger partial charge in [0.2, 0.25) is 0 Å². The highest BCUT2D eigenvalue weighted by Gasteiger charge is 2.15. The summed E-state index contributed by atoms with van der Waals surface area (Å²) in [5.41, 5.74) is 4.53. The Morgan fingerprint density at radius 1 is 1.17 bits per heavy atom. The Morgan fingerprint density at radius 2 is 2.08 bits per heavy atom. The lowest BCUT2D eigenvalue weighted by Gasteiger charge is -2.13. The number of hydrogen-bond acceptors (Lipinski definition) is 5. The molecule has 2 N–H and O–H groups in total. The van der Waals surface area contributed by atoms with Crippen LogP contribution in [-0.4, -0.2) is 39.0 Å². The molecule has 0 fully saturated rings. The van der Waals surface area contributed by atoms with Crippen molar-refractivity contribution in [2.75, 3.05) is 25.0 Å². The third kappa shape index (κ3) is 3.10. The van der Waals surface area contributed by atoms with E-state index in [2.05, 4.69) is 36.2 Å². The molecule has 4 heterocycles. The number of pyridine rings is 1. The predicted molar refractivity (Wildman–Crippen MR) is 94.4 cm³/mol. The molecule has 3 aromatic heterocycles. The number of anilines is 1. The van der Waals surface area contributed by atoms with Crippen molar-refractivity contribution in [3.8, 4) is 0 Å². The highest BCUT2D eigenvalue weighted by molar-refractivity contribution is 5.48. The van der Waals surface area contributed by atoms with Crippen molar-refractivity contribution in [3.05, 3.63) is 53.4 Å². The van der Waals surface area contributed by atoms with Gasteiger partial charge in [-0.25, -0.2) is 15.0 Å². The van der Waals surface area contributed by atoms with Gasteiger partial charge in [0.15, 0.2) is 0 Å². The number of aromatic nitrogens is 4. The Kier molecular flexibility index (Phi) is 4.13. The maximum atomic E-state index is 4.64. The molecule has 0 bridgehead atoms. The van der Waals surface area contributed by atoms with Crippen molar-refractivity contribution < 1.29 is 0 Å². The van der Waals surface area contributed by atoms with E-state index in [1.165, 1.54) is 11.3 Å². The summed E-state index contributed by atoms with van der Waals surface area (Å²) < 4.78 is 2.06. The summed E-state index contributed by atoms with van der Waals surface area (Å²) in [5, 5.41) is 6.94. The topological polar surface area (TPSA) is 67.1 Å². The van der Waals surface area contributed by atoms with Crippen LogP contribution in [0.4, 0.5) is 5.82 Å². The van der Waals surface area contributed by atoms with Gasteiger partial charge in [-0.15, -0.1) is 0 Å².